The third kappa shape index (κ3) is 2.31. The van der Waals surface area contributed by atoms with Crippen molar-refractivity contribution >= 4 is 34.9 Å². The maximum atomic E-state index is 13.6. The van der Waals surface area contributed by atoms with Crippen molar-refractivity contribution in [2.75, 3.05) is 4.90 Å². The highest BCUT2D eigenvalue weighted by atomic mass is 35.5. The molecule has 1 fully saturated rings. The molecule has 3 aromatic rings. The van der Waals surface area contributed by atoms with Crippen LogP contribution in [-0.2, 0) is 10.2 Å². The second kappa shape index (κ2) is 5.94. The Labute approximate surface area is 167 Å². The molecule has 138 valence electrons. The van der Waals surface area contributed by atoms with Crippen LogP contribution in [0.2, 0.25) is 5.02 Å². The lowest BCUT2D eigenvalue weighted by molar-refractivity contribution is -0.119. The number of hydrogen-bond acceptors (Lipinski definition) is 2. The van der Waals surface area contributed by atoms with E-state index in [-0.39, 0.29) is 17.4 Å². The third-order valence-corrected chi connectivity index (χ3v) is 6.05. The van der Waals surface area contributed by atoms with E-state index in [4.69, 9.17) is 11.6 Å². The second-order valence-electron chi connectivity index (χ2n) is 7.29. The van der Waals surface area contributed by atoms with Crippen LogP contribution in [0, 0.1) is 0 Å². The van der Waals surface area contributed by atoms with Crippen molar-refractivity contribution in [2.24, 2.45) is 0 Å². The molecule has 0 bridgehead atoms. The van der Waals surface area contributed by atoms with Crippen molar-refractivity contribution in [3.63, 3.8) is 0 Å². The first-order valence-corrected chi connectivity index (χ1v) is 9.43. The second-order valence-corrected chi connectivity index (χ2v) is 7.73. The smallest absolute Gasteiger partial charge is 0.335 e. The lowest BCUT2D eigenvalue weighted by Crippen LogP contribution is -2.29. The van der Waals surface area contributed by atoms with Crippen molar-refractivity contribution in [1.82, 2.24) is 0 Å². The number of rotatable bonds is 3. The molecule has 1 aliphatic carbocycles. The first-order valence-electron chi connectivity index (χ1n) is 9.05. The van der Waals surface area contributed by atoms with Gasteiger partial charge < -0.3 is 5.11 Å². The number of anilines is 2. The van der Waals surface area contributed by atoms with Gasteiger partial charge in [-0.15, -0.1) is 0 Å². The molecule has 1 N–H and O–H groups in total. The van der Waals surface area contributed by atoms with E-state index >= 15 is 0 Å². The van der Waals surface area contributed by atoms with Gasteiger partial charge in [0.15, 0.2) is 0 Å². The number of para-hydroxylation sites is 1. The fraction of sp³-hybridized carbons (Fsp3) is 0.130. The highest BCUT2D eigenvalue weighted by Gasteiger charge is 2.67. The lowest BCUT2D eigenvalue weighted by Gasteiger charge is -2.19. The number of hydrogen-bond donors (Lipinski definition) is 1. The summed E-state index contributed by atoms with van der Waals surface area (Å²) in [6.45, 7) is 0. The zero-order chi connectivity index (χ0) is 19.5. The van der Waals surface area contributed by atoms with E-state index in [0.29, 0.717) is 10.7 Å². The van der Waals surface area contributed by atoms with Gasteiger partial charge in [0.2, 0.25) is 5.91 Å². The molecule has 2 aliphatic rings. The van der Waals surface area contributed by atoms with Crippen LogP contribution in [0.1, 0.15) is 33.8 Å². The summed E-state index contributed by atoms with van der Waals surface area (Å²) in [7, 11) is 0. The third-order valence-electron chi connectivity index (χ3n) is 5.79. The van der Waals surface area contributed by atoms with Crippen LogP contribution in [0.4, 0.5) is 11.4 Å². The number of aromatic carboxylic acids is 1. The average molecular weight is 390 g/mol. The van der Waals surface area contributed by atoms with Crippen molar-refractivity contribution in [3.8, 4) is 0 Å². The molecule has 5 heteroatoms. The molecular weight excluding hydrogens is 374 g/mol. The molecular formula is C23H16ClNO3. The summed E-state index contributed by atoms with van der Waals surface area (Å²) in [6.07, 6.45) is 0.736. The highest BCUT2D eigenvalue weighted by molar-refractivity contribution is 6.30. The van der Waals surface area contributed by atoms with Gasteiger partial charge in [0.05, 0.1) is 16.7 Å². The zero-order valence-electron chi connectivity index (χ0n) is 14.8. The van der Waals surface area contributed by atoms with E-state index in [1.165, 1.54) is 6.07 Å². The standard InChI is InChI=1S/C23H16ClNO3/c24-16-10-8-14(9-11-16)19-13-23(19)18-6-1-2-7-20(18)25(22(23)28)17-5-3-4-15(12-17)21(26)27/h1-12,19H,13H2,(H,26,27)/t19-,23+/m1/s1. The van der Waals surface area contributed by atoms with Crippen molar-refractivity contribution in [3.05, 3.63) is 94.5 Å². The van der Waals surface area contributed by atoms with E-state index in [1.54, 1.807) is 23.1 Å². The van der Waals surface area contributed by atoms with Gasteiger partial charge in [-0.05, 0) is 53.9 Å². The zero-order valence-corrected chi connectivity index (χ0v) is 15.6. The molecule has 0 aromatic heterocycles. The Morgan fingerprint density at radius 2 is 1.79 bits per heavy atom. The van der Waals surface area contributed by atoms with Gasteiger partial charge >= 0.3 is 5.97 Å². The number of carbonyl (C=O) groups is 2. The molecule has 28 heavy (non-hydrogen) atoms. The number of halogens is 1. The molecule has 4 nitrogen and oxygen atoms in total. The Kier molecular flexibility index (Phi) is 3.61. The number of carbonyl (C=O) groups excluding carboxylic acids is 1. The summed E-state index contributed by atoms with van der Waals surface area (Å²) in [5, 5.41) is 10.00. The summed E-state index contributed by atoms with van der Waals surface area (Å²) in [5.41, 5.74) is 3.06. The number of carboxylic acids is 1. The predicted octanol–water partition coefficient (Wildman–Crippen LogP) is 5.14. The Balaban J connectivity index is 1.61. The molecule has 1 amide bonds. The fourth-order valence-electron chi connectivity index (χ4n) is 4.40. The van der Waals surface area contributed by atoms with Gasteiger partial charge in [-0.2, -0.15) is 0 Å². The number of benzene rings is 3. The summed E-state index contributed by atoms with van der Waals surface area (Å²) in [6, 6.07) is 22.0. The minimum absolute atomic E-state index is 0.00353. The quantitative estimate of drug-likeness (QED) is 0.674. The lowest BCUT2D eigenvalue weighted by atomic mass is 9.92. The molecule has 1 aliphatic heterocycles. The Hall–Kier alpha value is -3.11. The van der Waals surface area contributed by atoms with Crippen LogP contribution < -0.4 is 4.90 Å². The van der Waals surface area contributed by atoms with Gasteiger partial charge in [0.1, 0.15) is 0 Å². The van der Waals surface area contributed by atoms with Crippen LogP contribution in [0.3, 0.4) is 0 Å². The van der Waals surface area contributed by atoms with E-state index in [2.05, 4.69) is 0 Å². The molecule has 3 aromatic carbocycles. The SMILES string of the molecule is O=C(O)c1cccc(N2C(=O)[C@@]3(C[C@@H]3c3ccc(Cl)cc3)c3ccccc32)c1. The van der Waals surface area contributed by atoms with Crippen LogP contribution in [-0.4, -0.2) is 17.0 Å². The molecule has 0 saturated heterocycles. The van der Waals surface area contributed by atoms with E-state index in [9.17, 15) is 14.7 Å². The maximum Gasteiger partial charge on any atom is 0.335 e. The number of nitrogens with zero attached hydrogens (tertiary/aromatic N) is 1. The molecule has 1 saturated carbocycles. The minimum atomic E-state index is -1.01. The Bertz CT molecular complexity index is 1120. The van der Waals surface area contributed by atoms with E-state index < -0.39 is 11.4 Å². The average Bonchev–Trinajstić information content (AvgIpc) is 3.40. The summed E-state index contributed by atoms with van der Waals surface area (Å²) in [4.78, 5) is 26.7. The van der Waals surface area contributed by atoms with Gasteiger partial charge in [-0.1, -0.05) is 48.0 Å². The topological polar surface area (TPSA) is 57.6 Å². The van der Waals surface area contributed by atoms with E-state index in [1.807, 2.05) is 48.5 Å². The molecule has 0 unspecified atom stereocenters. The molecule has 0 radical (unpaired) electrons. The largest absolute Gasteiger partial charge is 0.478 e. The van der Waals surface area contributed by atoms with Gasteiger partial charge in [0, 0.05) is 16.6 Å². The summed E-state index contributed by atoms with van der Waals surface area (Å²) >= 11 is 6.02. The first-order chi connectivity index (χ1) is 13.5. The highest BCUT2D eigenvalue weighted by Crippen LogP contribution is 2.67. The van der Waals surface area contributed by atoms with Crippen molar-refractivity contribution in [1.29, 1.82) is 0 Å². The summed E-state index contributed by atoms with van der Waals surface area (Å²) < 4.78 is 0. The monoisotopic (exact) mass is 389 g/mol. The first kappa shape index (κ1) is 17.0. The van der Waals surface area contributed by atoms with Crippen LogP contribution >= 0.6 is 11.6 Å². The number of amides is 1. The van der Waals surface area contributed by atoms with E-state index in [0.717, 1.165) is 23.2 Å². The summed E-state index contributed by atoms with van der Waals surface area (Å²) in [5.74, 6) is -0.927. The van der Waals surface area contributed by atoms with Crippen LogP contribution in [0.25, 0.3) is 0 Å². The maximum absolute atomic E-state index is 13.6. The number of carboxylic acid groups (broad SMARTS) is 1. The molecule has 2 atom stereocenters. The minimum Gasteiger partial charge on any atom is -0.478 e. The van der Waals surface area contributed by atoms with Crippen LogP contribution in [0.15, 0.2) is 72.8 Å². The predicted molar refractivity (Wildman–Crippen MR) is 107 cm³/mol. The van der Waals surface area contributed by atoms with Crippen molar-refractivity contribution < 1.29 is 14.7 Å². The van der Waals surface area contributed by atoms with Gasteiger partial charge in [-0.3, -0.25) is 9.69 Å². The van der Waals surface area contributed by atoms with Crippen LogP contribution in [0.5, 0.6) is 0 Å². The molecule has 1 heterocycles. The van der Waals surface area contributed by atoms with Gasteiger partial charge in [0.25, 0.3) is 0 Å². The Morgan fingerprint density at radius 1 is 1.04 bits per heavy atom. The Morgan fingerprint density at radius 3 is 2.54 bits per heavy atom. The normalized spacial score (nSPS) is 22.4. The molecule has 1 spiro atoms. The fourth-order valence-corrected chi connectivity index (χ4v) is 4.52. The molecule has 5 rings (SSSR count). The van der Waals surface area contributed by atoms with Gasteiger partial charge in [-0.25, -0.2) is 4.79 Å². The number of fused-ring (bicyclic) bond motifs is 2. The van der Waals surface area contributed by atoms with Crippen molar-refractivity contribution in [2.45, 2.75) is 17.8 Å².